The Hall–Kier alpha value is -1.50. The smallest absolute Gasteiger partial charge is 0.151 e. The van der Waals surface area contributed by atoms with Crippen molar-refractivity contribution in [3.8, 4) is 0 Å². The van der Waals surface area contributed by atoms with Crippen molar-refractivity contribution in [2.75, 3.05) is 0 Å². The van der Waals surface area contributed by atoms with Crippen LogP contribution in [0.15, 0.2) is 60.7 Å². The summed E-state index contributed by atoms with van der Waals surface area (Å²) in [7, 11) is 1.08. The van der Waals surface area contributed by atoms with Crippen LogP contribution in [-0.2, 0) is 39.0 Å². The summed E-state index contributed by atoms with van der Waals surface area (Å²) in [5, 5.41) is 0. The molecule has 0 amide bonds. The van der Waals surface area contributed by atoms with Crippen molar-refractivity contribution in [2.24, 2.45) is 0 Å². The van der Waals surface area contributed by atoms with Crippen molar-refractivity contribution >= 4 is 20.7 Å². The minimum Gasteiger partial charge on any atom is -0.151 e. The summed E-state index contributed by atoms with van der Waals surface area (Å²) < 4.78 is 0. The molecule has 26 heavy (non-hydrogen) atoms. The van der Waals surface area contributed by atoms with E-state index < -0.39 is 0 Å². The average Bonchev–Trinajstić information content (AvgIpc) is 3.40. The summed E-state index contributed by atoms with van der Waals surface area (Å²) in [5.74, 6) is 0. The molecule has 2 radical (unpaired) electrons. The summed E-state index contributed by atoms with van der Waals surface area (Å²) >= 11 is 0. The molecule has 0 saturated carbocycles. The predicted octanol–water partition coefficient (Wildman–Crippen LogP) is 5.48. The molecule has 0 N–H and O–H groups in total. The van der Waals surface area contributed by atoms with Gasteiger partial charge in [-0.2, -0.15) is 11.1 Å². The molecule has 4 aliphatic rings. The zero-order valence-electron chi connectivity index (χ0n) is 15.2. The van der Waals surface area contributed by atoms with Gasteiger partial charge in [0.1, 0.15) is 0 Å². The van der Waals surface area contributed by atoms with E-state index in [1.54, 1.807) is 0 Å². The maximum absolute atomic E-state index is 3.25. The third-order valence-electron chi connectivity index (χ3n) is 4.73. The summed E-state index contributed by atoms with van der Waals surface area (Å²) in [6.07, 6.45) is 17.4. The van der Waals surface area contributed by atoms with Crippen molar-refractivity contribution in [2.45, 2.75) is 25.9 Å². The van der Waals surface area contributed by atoms with Crippen molar-refractivity contribution in [3.63, 3.8) is 0 Å². The van der Waals surface area contributed by atoms with Gasteiger partial charge in [-0.05, 0) is 12.8 Å². The molecular formula is C24H20SiZr. The van der Waals surface area contributed by atoms with Crippen LogP contribution < -0.4 is 0 Å². The van der Waals surface area contributed by atoms with Crippen molar-refractivity contribution in [3.05, 3.63) is 106 Å². The van der Waals surface area contributed by atoms with Gasteiger partial charge >= 0.3 is 26.2 Å². The molecule has 0 atom stereocenters. The molecule has 0 heterocycles. The van der Waals surface area contributed by atoms with E-state index >= 15 is 0 Å². The first kappa shape index (κ1) is 19.3. The van der Waals surface area contributed by atoms with E-state index in [4.69, 9.17) is 0 Å². The second-order valence-corrected chi connectivity index (χ2v) is 7.48. The molecule has 0 spiro atoms. The van der Waals surface area contributed by atoms with E-state index in [2.05, 4.69) is 85.9 Å². The van der Waals surface area contributed by atoms with Gasteiger partial charge in [-0.25, -0.2) is 0 Å². The van der Waals surface area contributed by atoms with Gasteiger partial charge in [-0.15, -0.1) is 83.0 Å². The summed E-state index contributed by atoms with van der Waals surface area (Å²) in [6, 6.07) is 12.9. The van der Waals surface area contributed by atoms with E-state index in [-0.39, 0.29) is 26.2 Å². The first-order chi connectivity index (χ1) is 12.3. The van der Waals surface area contributed by atoms with Crippen LogP contribution in [0.3, 0.4) is 0 Å². The Bertz CT molecular complexity index is 867. The Kier molecular flexibility index (Phi) is 6.27. The van der Waals surface area contributed by atoms with E-state index in [9.17, 15) is 0 Å². The normalized spacial score (nSPS) is 15.0. The molecule has 0 unspecified atom stereocenters. The Labute approximate surface area is 178 Å². The minimum absolute atomic E-state index is 0. The average molecular weight is 428 g/mol. The van der Waals surface area contributed by atoms with Crippen LogP contribution in [0.5, 0.6) is 0 Å². The first-order valence-corrected chi connectivity index (χ1v) is 10.7. The molecule has 6 rings (SSSR count). The summed E-state index contributed by atoms with van der Waals surface area (Å²) in [5.41, 5.74) is 11.0. The zero-order valence-corrected chi connectivity index (χ0v) is 18.6. The van der Waals surface area contributed by atoms with Gasteiger partial charge in [-0.3, -0.25) is 0 Å². The molecule has 4 aliphatic carbocycles. The Morgan fingerprint density at radius 1 is 0.731 bits per heavy atom. The molecule has 0 nitrogen and oxygen atoms in total. The van der Waals surface area contributed by atoms with Gasteiger partial charge in [-0.1, -0.05) is 36.4 Å². The number of benzene rings is 2. The van der Waals surface area contributed by atoms with Gasteiger partial charge in [0.25, 0.3) is 0 Å². The third kappa shape index (κ3) is 3.50. The molecule has 2 aromatic carbocycles. The zero-order chi connectivity index (χ0) is 17.2. The standard InChI is InChI=1S/2C11H7.C2H6Si.Zr/c2*1-2-8-4-6-10-7-5-9(3-1)11(8)10;1-3-2;/h2*1-3,6-7H,4H2;1-2H3;/q2*-1;;+2. The van der Waals surface area contributed by atoms with Gasteiger partial charge in [0.05, 0.1) is 0 Å². The van der Waals surface area contributed by atoms with Gasteiger partial charge in [0.15, 0.2) is 0 Å². The van der Waals surface area contributed by atoms with Crippen molar-refractivity contribution < 1.29 is 26.2 Å². The van der Waals surface area contributed by atoms with Crippen LogP contribution in [0.25, 0.3) is 11.1 Å². The van der Waals surface area contributed by atoms with Crippen LogP contribution in [0.4, 0.5) is 0 Å². The van der Waals surface area contributed by atoms with E-state index in [1.165, 1.54) is 44.5 Å². The topological polar surface area (TPSA) is 0 Å². The van der Waals surface area contributed by atoms with Crippen LogP contribution in [0.1, 0.15) is 33.4 Å². The Morgan fingerprint density at radius 3 is 1.58 bits per heavy atom. The number of hydrogen-bond donors (Lipinski definition) is 0. The van der Waals surface area contributed by atoms with Crippen LogP contribution in [-0.4, -0.2) is 9.52 Å². The van der Waals surface area contributed by atoms with Crippen molar-refractivity contribution in [1.82, 2.24) is 0 Å². The summed E-state index contributed by atoms with van der Waals surface area (Å²) in [6.45, 7) is 4.31. The second-order valence-electron chi connectivity index (χ2n) is 6.48. The largest absolute Gasteiger partial charge is 2.00 e. The molecule has 0 bridgehead atoms. The van der Waals surface area contributed by atoms with E-state index in [0.717, 1.165) is 22.4 Å². The second kappa shape index (κ2) is 8.46. The molecule has 124 valence electrons. The number of hydrogen-bond acceptors (Lipinski definition) is 0. The predicted molar refractivity (Wildman–Crippen MR) is 108 cm³/mol. The third-order valence-corrected chi connectivity index (χ3v) is 4.73. The summed E-state index contributed by atoms with van der Waals surface area (Å²) in [4.78, 5) is 0. The van der Waals surface area contributed by atoms with Crippen LogP contribution >= 0.6 is 0 Å². The molecule has 0 aliphatic heterocycles. The maximum Gasteiger partial charge on any atom is 2.00 e. The van der Waals surface area contributed by atoms with E-state index in [0.29, 0.717) is 0 Å². The SMILES string of the molecule is C[Si]C.[C-]1=CC2=CCc3cccc1c32.[C-]1=CC2=CCc3cccc1c32.[Zr+2]. The van der Waals surface area contributed by atoms with Gasteiger partial charge < -0.3 is 0 Å². The van der Waals surface area contributed by atoms with Crippen LogP contribution in [0.2, 0.25) is 13.1 Å². The molecule has 2 heteroatoms. The quantitative estimate of drug-likeness (QED) is 0.386. The molecule has 0 aromatic heterocycles. The molecule has 0 saturated heterocycles. The van der Waals surface area contributed by atoms with Gasteiger partial charge in [0.2, 0.25) is 0 Å². The number of allylic oxidation sites excluding steroid dienone is 6. The fourth-order valence-electron chi connectivity index (χ4n) is 3.68. The van der Waals surface area contributed by atoms with Crippen LogP contribution in [0, 0.1) is 12.2 Å². The van der Waals surface area contributed by atoms with Crippen molar-refractivity contribution in [1.29, 1.82) is 0 Å². The Balaban J connectivity index is 0.000000127. The number of rotatable bonds is 0. The fourth-order valence-corrected chi connectivity index (χ4v) is 3.68. The van der Waals surface area contributed by atoms with E-state index in [1.807, 2.05) is 0 Å². The first-order valence-electron chi connectivity index (χ1n) is 8.74. The fraction of sp³-hybridized carbons (Fsp3) is 0.167. The Morgan fingerprint density at radius 2 is 1.15 bits per heavy atom. The molecule has 2 aromatic rings. The molecular weight excluding hydrogens is 408 g/mol. The van der Waals surface area contributed by atoms with Gasteiger partial charge in [0, 0.05) is 9.52 Å². The monoisotopic (exact) mass is 426 g/mol. The molecule has 0 fully saturated rings. The minimum atomic E-state index is 0. The maximum atomic E-state index is 3.25.